The number of ether oxygens (including phenoxy) is 1. The number of aromatic amines is 1. The lowest BCUT2D eigenvalue weighted by atomic mass is 10.1. The number of H-pyrrole nitrogens is 1. The molecule has 3 aromatic carbocycles. The zero-order chi connectivity index (χ0) is 28.3. The SMILES string of the molecule is NS(=O)(=O)c1ccc(CCNC(=O)c2ccc(Cn3c(=S)[nH]c4ccc(N5CCOCC5)cc4c3=O)cc2)cc1. The average Bonchev–Trinajstić information content (AvgIpc) is 2.95. The van der Waals surface area contributed by atoms with E-state index in [0.29, 0.717) is 47.4 Å². The van der Waals surface area contributed by atoms with E-state index >= 15 is 0 Å². The number of anilines is 1. The number of primary sulfonamides is 1. The number of nitrogens with two attached hydrogens (primary N) is 1. The maximum absolute atomic E-state index is 13.4. The van der Waals surface area contributed by atoms with Gasteiger partial charge < -0.3 is 19.9 Å². The second-order valence-electron chi connectivity index (χ2n) is 9.54. The Balaban J connectivity index is 1.24. The van der Waals surface area contributed by atoms with Crippen LogP contribution < -0.4 is 20.9 Å². The molecule has 0 aliphatic carbocycles. The molecule has 1 aliphatic rings. The van der Waals surface area contributed by atoms with E-state index in [4.69, 9.17) is 22.1 Å². The molecule has 1 fully saturated rings. The van der Waals surface area contributed by atoms with Crippen LogP contribution in [0.5, 0.6) is 0 Å². The van der Waals surface area contributed by atoms with Crippen LogP contribution >= 0.6 is 12.2 Å². The van der Waals surface area contributed by atoms with Crippen LogP contribution in [0.4, 0.5) is 5.69 Å². The maximum atomic E-state index is 13.4. The molecule has 0 saturated carbocycles. The highest BCUT2D eigenvalue weighted by atomic mass is 32.2. The summed E-state index contributed by atoms with van der Waals surface area (Å²) in [7, 11) is -3.74. The first-order chi connectivity index (χ1) is 19.2. The van der Waals surface area contributed by atoms with Crippen molar-refractivity contribution in [3.05, 3.63) is 98.5 Å². The lowest BCUT2D eigenvalue weighted by molar-refractivity contribution is 0.0954. The van der Waals surface area contributed by atoms with Gasteiger partial charge in [0, 0.05) is 30.9 Å². The standard InChI is InChI=1S/C28H29N5O5S2/c29-40(36,37)23-8-3-19(4-9-23)11-12-30-26(34)21-5-1-20(2-6-21)18-33-27(35)24-17-22(32-13-15-38-16-14-32)7-10-25(24)31-28(33)39/h1-10,17H,11-16,18H2,(H,30,34)(H,31,39)(H2,29,36,37). The van der Waals surface area contributed by atoms with E-state index in [9.17, 15) is 18.0 Å². The van der Waals surface area contributed by atoms with Gasteiger partial charge in [0.25, 0.3) is 11.5 Å². The highest BCUT2D eigenvalue weighted by Crippen LogP contribution is 2.20. The maximum Gasteiger partial charge on any atom is 0.262 e. The molecule has 4 aromatic rings. The Morgan fingerprint density at radius 2 is 1.68 bits per heavy atom. The smallest absolute Gasteiger partial charge is 0.262 e. The molecule has 0 spiro atoms. The summed E-state index contributed by atoms with van der Waals surface area (Å²) in [4.78, 5) is 31.4. The van der Waals surface area contributed by atoms with E-state index in [1.807, 2.05) is 18.2 Å². The van der Waals surface area contributed by atoms with Crippen LogP contribution in [0.3, 0.4) is 0 Å². The highest BCUT2D eigenvalue weighted by Gasteiger charge is 2.14. The van der Waals surface area contributed by atoms with E-state index < -0.39 is 10.0 Å². The number of benzene rings is 3. The van der Waals surface area contributed by atoms with Crippen LogP contribution in [0.2, 0.25) is 0 Å². The van der Waals surface area contributed by atoms with Gasteiger partial charge in [-0.2, -0.15) is 0 Å². The largest absolute Gasteiger partial charge is 0.378 e. The van der Waals surface area contributed by atoms with Crippen LogP contribution in [0.1, 0.15) is 21.5 Å². The predicted octanol–water partition coefficient (Wildman–Crippen LogP) is 2.56. The van der Waals surface area contributed by atoms with E-state index in [1.54, 1.807) is 36.4 Å². The molecule has 1 amide bonds. The molecule has 0 unspecified atom stereocenters. The molecule has 40 heavy (non-hydrogen) atoms. The first kappa shape index (κ1) is 27.7. The summed E-state index contributed by atoms with van der Waals surface area (Å²) in [6.45, 7) is 3.51. The first-order valence-electron chi connectivity index (χ1n) is 12.8. The molecule has 0 radical (unpaired) electrons. The lowest BCUT2D eigenvalue weighted by Gasteiger charge is -2.29. The summed E-state index contributed by atoms with van der Waals surface area (Å²) < 4.78 is 30.0. The summed E-state index contributed by atoms with van der Waals surface area (Å²) >= 11 is 5.49. The zero-order valence-electron chi connectivity index (χ0n) is 21.6. The van der Waals surface area contributed by atoms with Gasteiger partial charge >= 0.3 is 0 Å². The van der Waals surface area contributed by atoms with Crippen LogP contribution in [-0.4, -0.2) is 56.7 Å². The predicted molar refractivity (Wildman–Crippen MR) is 156 cm³/mol. The third-order valence-corrected chi connectivity index (χ3v) is 8.10. The third kappa shape index (κ3) is 6.31. The minimum absolute atomic E-state index is 0.0464. The molecule has 208 valence electrons. The normalized spacial score (nSPS) is 13.9. The van der Waals surface area contributed by atoms with Gasteiger partial charge in [0.2, 0.25) is 10.0 Å². The van der Waals surface area contributed by atoms with Crippen molar-refractivity contribution in [2.75, 3.05) is 37.7 Å². The Hall–Kier alpha value is -3.84. The molecule has 4 N–H and O–H groups in total. The van der Waals surface area contributed by atoms with Gasteiger partial charge in [-0.3, -0.25) is 14.2 Å². The molecular weight excluding hydrogens is 550 g/mol. The Labute approximate surface area is 236 Å². The first-order valence-corrected chi connectivity index (χ1v) is 14.7. The summed E-state index contributed by atoms with van der Waals surface area (Å²) in [6, 6.07) is 19.0. The van der Waals surface area contributed by atoms with Gasteiger partial charge in [0.15, 0.2) is 4.77 Å². The number of hydrogen-bond acceptors (Lipinski definition) is 7. The molecular formula is C28H29N5O5S2. The Bertz CT molecular complexity index is 1760. The van der Waals surface area contributed by atoms with Gasteiger partial charge in [0.1, 0.15) is 0 Å². The number of morpholine rings is 1. The number of aromatic nitrogens is 2. The number of fused-ring (bicyclic) bond motifs is 1. The molecule has 0 bridgehead atoms. The number of hydrogen-bond donors (Lipinski definition) is 3. The van der Waals surface area contributed by atoms with Crippen molar-refractivity contribution in [1.82, 2.24) is 14.9 Å². The fourth-order valence-corrected chi connectivity index (χ4v) is 5.39. The molecule has 5 rings (SSSR count). The molecule has 1 saturated heterocycles. The molecule has 1 aromatic heterocycles. The number of amides is 1. The number of nitrogens with one attached hydrogen (secondary N) is 2. The fourth-order valence-electron chi connectivity index (χ4n) is 4.61. The Morgan fingerprint density at radius 3 is 2.35 bits per heavy atom. The van der Waals surface area contributed by atoms with E-state index in [0.717, 1.165) is 29.9 Å². The lowest BCUT2D eigenvalue weighted by Crippen LogP contribution is -2.36. The minimum Gasteiger partial charge on any atom is -0.378 e. The van der Waals surface area contributed by atoms with Gasteiger partial charge in [-0.1, -0.05) is 24.3 Å². The van der Waals surface area contributed by atoms with Crippen molar-refractivity contribution in [3.63, 3.8) is 0 Å². The average molecular weight is 580 g/mol. The second kappa shape index (κ2) is 11.7. The van der Waals surface area contributed by atoms with Gasteiger partial charge in [0.05, 0.1) is 35.6 Å². The van der Waals surface area contributed by atoms with E-state index in [2.05, 4.69) is 15.2 Å². The van der Waals surface area contributed by atoms with Gasteiger partial charge in [-0.25, -0.2) is 13.6 Å². The minimum atomic E-state index is -3.74. The summed E-state index contributed by atoms with van der Waals surface area (Å²) in [5.74, 6) is -0.233. The molecule has 0 atom stereocenters. The van der Waals surface area contributed by atoms with Crippen LogP contribution in [0.25, 0.3) is 10.9 Å². The highest BCUT2D eigenvalue weighted by molar-refractivity contribution is 7.89. The number of carbonyl (C=O) groups is 1. The molecule has 1 aliphatic heterocycles. The fraction of sp³-hybridized carbons (Fsp3) is 0.250. The molecule has 2 heterocycles. The van der Waals surface area contributed by atoms with E-state index in [-0.39, 0.29) is 22.9 Å². The number of nitrogens with zero attached hydrogens (tertiary/aromatic N) is 2. The second-order valence-corrected chi connectivity index (χ2v) is 11.5. The van der Waals surface area contributed by atoms with Crippen molar-refractivity contribution >= 4 is 44.7 Å². The van der Waals surface area contributed by atoms with Crippen molar-refractivity contribution < 1.29 is 17.9 Å². The van der Waals surface area contributed by atoms with Gasteiger partial charge in [-0.15, -0.1) is 0 Å². The Kier molecular flexibility index (Phi) is 8.12. The van der Waals surface area contributed by atoms with Crippen LogP contribution in [0, 0.1) is 4.77 Å². The topological polar surface area (TPSA) is 140 Å². The molecule has 12 heteroatoms. The Morgan fingerprint density at radius 1 is 1.00 bits per heavy atom. The van der Waals surface area contributed by atoms with Gasteiger partial charge in [-0.05, 0) is 72.2 Å². The summed E-state index contributed by atoms with van der Waals surface area (Å²) in [5.41, 5.74) is 3.68. The van der Waals surface area contributed by atoms with Crippen molar-refractivity contribution in [2.45, 2.75) is 17.9 Å². The van der Waals surface area contributed by atoms with Crippen molar-refractivity contribution in [2.24, 2.45) is 5.14 Å². The number of sulfonamides is 1. The monoisotopic (exact) mass is 579 g/mol. The van der Waals surface area contributed by atoms with Crippen molar-refractivity contribution in [1.29, 1.82) is 0 Å². The zero-order valence-corrected chi connectivity index (χ0v) is 23.3. The summed E-state index contributed by atoms with van der Waals surface area (Å²) in [5, 5.41) is 8.54. The number of rotatable bonds is 8. The molecule has 10 nitrogen and oxygen atoms in total. The van der Waals surface area contributed by atoms with Crippen LogP contribution in [-0.2, 0) is 27.7 Å². The quantitative estimate of drug-likeness (QED) is 0.273. The third-order valence-electron chi connectivity index (χ3n) is 6.85. The van der Waals surface area contributed by atoms with Crippen LogP contribution in [0.15, 0.2) is 76.4 Å². The van der Waals surface area contributed by atoms with Crippen molar-refractivity contribution in [3.8, 4) is 0 Å². The van der Waals surface area contributed by atoms with E-state index in [1.165, 1.54) is 16.7 Å². The number of carbonyl (C=O) groups excluding carboxylic acids is 1. The summed E-state index contributed by atoms with van der Waals surface area (Å²) in [6.07, 6.45) is 0.533.